The van der Waals surface area contributed by atoms with E-state index in [1.165, 1.54) is 18.4 Å². The molecule has 0 spiro atoms. The lowest BCUT2D eigenvalue weighted by atomic mass is 10.1. The van der Waals surface area contributed by atoms with E-state index in [4.69, 9.17) is 9.47 Å². The van der Waals surface area contributed by atoms with Gasteiger partial charge < -0.3 is 9.47 Å². The molecule has 2 nitrogen and oxygen atoms in total. The molecule has 1 aromatic rings. The lowest BCUT2D eigenvalue weighted by Crippen LogP contribution is -2.10. The van der Waals surface area contributed by atoms with Gasteiger partial charge in [0.25, 0.3) is 0 Å². The van der Waals surface area contributed by atoms with E-state index in [-0.39, 0.29) is 0 Å². The van der Waals surface area contributed by atoms with Crippen LogP contribution in [0.25, 0.3) is 0 Å². The highest BCUT2D eigenvalue weighted by Gasteiger charge is 2.14. The van der Waals surface area contributed by atoms with Crippen LogP contribution in [-0.4, -0.2) is 19.3 Å². The number of hydrogen-bond donors (Lipinski definition) is 0. The second-order valence-electron chi connectivity index (χ2n) is 4.27. The van der Waals surface area contributed by atoms with Crippen LogP contribution in [0, 0.1) is 0 Å². The molecule has 0 aliphatic carbocycles. The highest BCUT2D eigenvalue weighted by atomic mass is 16.5. The summed E-state index contributed by atoms with van der Waals surface area (Å²) in [6.07, 6.45) is 4.89. The minimum atomic E-state index is 0.425. The molecule has 88 valence electrons. The summed E-state index contributed by atoms with van der Waals surface area (Å²) in [5.74, 6) is 0.984. The van der Waals surface area contributed by atoms with Crippen LogP contribution in [0.4, 0.5) is 0 Å². The Morgan fingerprint density at radius 1 is 1.44 bits per heavy atom. The van der Waals surface area contributed by atoms with Gasteiger partial charge in [-0.05, 0) is 37.0 Å². The first-order valence-corrected chi connectivity index (χ1v) is 6.22. The second-order valence-corrected chi connectivity index (χ2v) is 4.27. The molecule has 16 heavy (non-hydrogen) atoms. The maximum absolute atomic E-state index is 5.73. The van der Waals surface area contributed by atoms with Crippen molar-refractivity contribution in [3.05, 3.63) is 29.8 Å². The SMILES string of the molecule is CCc1cccc(OCCC2CCCO2)c1. The molecule has 0 saturated carbocycles. The Balaban J connectivity index is 1.75. The molecule has 1 atom stereocenters. The minimum Gasteiger partial charge on any atom is -0.493 e. The van der Waals surface area contributed by atoms with Gasteiger partial charge in [-0.3, -0.25) is 0 Å². The predicted octanol–water partition coefficient (Wildman–Crippen LogP) is 3.20. The summed E-state index contributed by atoms with van der Waals surface area (Å²) in [7, 11) is 0. The van der Waals surface area contributed by atoms with E-state index in [0.29, 0.717) is 6.10 Å². The van der Waals surface area contributed by atoms with E-state index in [1.807, 2.05) is 6.07 Å². The van der Waals surface area contributed by atoms with Crippen LogP contribution in [-0.2, 0) is 11.2 Å². The predicted molar refractivity (Wildman–Crippen MR) is 64.9 cm³/mol. The molecule has 0 aromatic heterocycles. The first-order valence-electron chi connectivity index (χ1n) is 6.22. The van der Waals surface area contributed by atoms with Crippen LogP contribution >= 0.6 is 0 Å². The van der Waals surface area contributed by atoms with Crippen molar-refractivity contribution in [2.45, 2.75) is 38.7 Å². The fourth-order valence-electron chi connectivity index (χ4n) is 2.04. The van der Waals surface area contributed by atoms with Gasteiger partial charge in [0.1, 0.15) is 5.75 Å². The van der Waals surface area contributed by atoms with Crippen LogP contribution < -0.4 is 4.74 Å². The van der Waals surface area contributed by atoms with E-state index >= 15 is 0 Å². The smallest absolute Gasteiger partial charge is 0.119 e. The number of benzene rings is 1. The summed E-state index contributed by atoms with van der Waals surface area (Å²) in [4.78, 5) is 0. The first-order chi connectivity index (χ1) is 7.88. The van der Waals surface area contributed by atoms with Crippen LogP contribution in [0.2, 0.25) is 0 Å². The Kier molecular flexibility index (Phi) is 4.23. The average Bonchev–Trinajstić information content (AvgIpc) is 2.82. The van der Waals surface area contributed by atoms with E-state index in [0.717, 1.165) is 31.8 Å². The molecule has 0 N–H and O–H groups in total. The van der Waals surface area contributed by atoms with E-state index in [2.05, 4.69) is 25.1 Å². The topological polar surface area (TPSA) is 18.5 Å². The lowest BCUT2D eigenvalue weighted by molar-refractivity contribution is 0.0903. The Morgan fingerprint density at radius 2 is 2.38 bits per heavy atom. The van der Waals surface area contributed by atoms with Gasteiger partial charge in [0.15, 0.2) is 0 Å². The largest absolute Gasteiger partial charge is 0.493 e. The van der Waals surface area contributed by atoms with Gasteiger partial charge in [-0.15, -0.1) is 0 Å². The minimum absolute atomic E-state index is 0.425. The standard InChI is InChI=1S/C14H20O2/c1-2-12-5-3-6-14(11-12)16-10-8-13-7-4-9-15-13/h3,5-6,11,13H,2,4,7-10H2,1H3. The fourth-order valence-corrected chi connectivity index (χ4v) is 2.04. The Bertz CT molecular complexity index is 316. The molecule has 0 radical (unpaired) electrons. The maximum Gasteiger partial charge on any atom is 0.119 e. The third kappa shape index (κ3) is 3.24. The lowest BCUT2D eigenvalue weighted by Gasteiger charge is -2.11. The molecule has 2 heteroatoms. The molecule has 1 unspecified atom stereocenters. The fraction of sp³-hybridized carbons (Fsp3) is 0.571. The zero-order valence-corrected chi connectivity index (χ0v) is 9.95. The zero-order chi connectivity index (χ0) is 11.2. The van der Waals surface area contributed by atoms with Gasteiger partial charge >= 0.3 is 0 Å². The van der Waals surface area contributed by atoms with E-state index < -0.39 is 0 Å². The van der Waals surface area contributed by atoms with Gasteiger partial charge in [-0.25, -0.2) is 0 Å². The van der Waals surface area contributed by atoms with Crippen molar-refractivity contribution < 1.29 is 9.47 Å². The molecule has 2 rings (SSSR count). The molecule has 1 heterocycles. The average molecular weight is 220 g/mol. The van der Waals surface area contributed by atoms with Crippen LogP contribution in [0.1, 0.15) is 31.7 Å². The summed E-state index contributed by atoms with van der Waals surface area (Å²) < 4.78 is 11.3. The molecular formula is C14H20O2. The van der Waals surface area contributed by atoms with Crippen molar-refractivity contribution in [3.8, 4) is 5.75 Å². The van der Waals surface area contributed by atoms with Crippen LogP contribution in [0.5, 0.6) is 5.75 Å². The molecule has 0 bridgehead atoms. The Hall–Kier alpha value is -1.02. The van der Waals surface area contributed by atoms with E-state index in [9.17, 15) is 0 Å². The summed E-state index contributed by atoms with van der Waals surface area (Å²) in [5, 5.41) is 0. The van der Waals surface area contributed by atoms with Crippen LogP contribution in [0.15, 0.2) is 24.3 Å². The number of aryl methyl sites for hydroxylation is 1. The van der Waals surface area contributed by atoms with E-state index in [1.54, 1.807) is 0 Å². The first kappa shape index (κ1) is 11.5. The van der Waals surface area contributed by atoms with Gasteiger partial charge in [0, 0.05) is 13.0 Å². The molecule has 0 amide bonds. The number of ether oxygens (including phenoxy) is 2. The zero-order valence-electron chi connectivity index (χ0n) is 9.95. The maximum atomic E-state index is 5.73. The third-order valence-corrected chi connectivity index (χ3v) is 3.04. The summed E-state index contributed by atoms with van der Waals surface area (Å²) in [5.41, 5.74) is 1.33. The van der Waals surface area contributed by atoms with Crippen molar-refractivity contribution in [1.82, 2.24) is 0 Å². The number of rotatable bonds is 5. The van der Waals surface area contributed by atoms with Crippen molar-refractivity contribution in [2.24, 2.45) is 0 Å². The van der Waals surface area contributed by atoms with Crippen molar-refractivity contribution in [3.63, 3.8) is 0 Å². The molecule has 1 aromatic carbocycles. The van der Waals surface area contributed by atoms with Crippen molar-refractivity contribution in [2.75, 3.05) is 13.2 Å². The normalized spacial score (nSPS) is 19.9. The summed E-state index contributed by atoms with van der Waals surface area (Å²) >= 11 is 0. The van der Waals surface area contributed by atoms with Gasteiger partial charge in [0.05, 0.1) is 12.7 Å². The Labute approximate surface area is 97.6 Å². The van der Waals surface area contributed by atoms with Gasteiger partial charge in [0.2, 0.25) is 0 Å². The van der Waals surface area contributed by atoms with Crippen molar-refractivity contribution >= 4 is 0 Å². The van der Waals surface area contributed by atoms with Gasteiger partial charge in [-0.2, -0.15) is 0 Å². The van der Waals surface area contributed by atoms with Crippen molar-refractivity contribution in [1.29, 1.82) is 0 Å². The molecular weight excluding hydrogens is 200 g/mol. The summed E-state index contributed by atoms with van der Waals surface area (Å²) in [6, 6.07) is 8.33. The molecule has 1 fully saturated rings. The Morgan fingerprint density at radius 3 is 3.12 bits per heavy atom. The quantitative estimate of drug-likeness (QED) is 0.758. The highest BCUT2D eigenvalue weighted by molar-refractivity contribution is 5.28. The van der Waals surface area contributed by atoms with Crippen LogP contribution in [0.3, 0.4) is 0 Å². The number of hydrogen-bond acceptors (Lipinski definition) is 2. The molecule has 1 aliphatic heterocycles. The second kappa shape index (κ2) is 5.90. The summed E-state index contributed by atoms with van der Waals surface area (Å²) in [6.45, 7) is 3.85. The molecule has 1 saturated heterocycles. The molecule has 1 aliphatic rings. The van der Waals surface area contributed by atoms with Gasteiger partial charge in [-0.1, -0.05) is 19.1 Å². The highest BCUT2D eigenvalue weighted by Crippen LogP contribution is 2.17. The third-order valence-electron chi connectivity index (χ3n) is 3.04. The monoisotopic (exact) mass is 220 g/mol.